The number of halogens is 5. The molecule has 3 rings (SSSR count). The van der Waals surface area contributed by atoms with Gasteiger partial charge < -0.3 is 4.52 Å². The lowest BCUT2D eigenvalue weighted by Gasteiger charge is -2.37. The molecule has 1 aliphatic carbocycles. The number of rotatable bonds is 3. The predicted octanol–water partition coefficient (Wildman–Crippen LogP) is 6.97. The second kappa shape index (κ2) is 7.07. The first-order valence-corrected chi connectivity index (χ1v) is 13.4. The van der Waals surface area contributed by atoms with Crippen molar-refractivity contribution in [1.82, 2.24) is 0 Å². The van der Waals surface area contributed by atoms with E-state index in [-0.39, 0.29) is 16.8 Å². The highest BCUT2D eigenvalue weighted by Gasteiger charge is 2.53. The number of hydrogen-bond donors (Lipinski definition) is 0. The molecule has 1 aliphatic heterocycles. The van der Waals surface area contributed by atoms with E-state index in [2.05, 4.69) is 6.58 Å². The van der Waals surface area contributed by atoms with Crippen LogP contribution in [-0.4, -0.2) is 10.9 Å². The van der Waals surface area contributed by atoms with E-state index in [4.69, 9.17) is 16.3 Å². The summed E-state index contributed by atoms with van der Waals surface area (Å²) in [7, 11) is 0. The van der Waals surface area contributed by atoms with Gasteiger partial charge >= 0.3 is 0 Å². The molecular formula is C16H16F5OPS3. The fraction of sp³-hybridized carbons (Fsp3) is 0.500. The average molecular weight is 446 g/mol. The summed E-state index contributed by atoms with van der Waals surface area (Å²) in [6, 6.07) is 0. The van der Waals surface area contributed by atoms with Crippen molar-refractivity contribution in [2.24, 2.45) is 5.92 Å². The van der Waals surface area contributed by atoms with Crippen molar-refractivity contribution >= 4 is 39.2 Å². The lowest BCUT2D eigenvalue weighted by molar-refractivity contribution is 0.129. The number of allylic oxidation sites excluding steroid dienone is 1. The van der Waals surface area contributed by atoms with E-state index < -0.39 is 38.7 Å². The number of hydrogen-bond acceptors (Lipinski definition) is 4. The van der Waals surface area contributed by atoms with Crippen LogP contribution in [0.25, 0.3) is 0 Å². The first-order chi connectivity index (χ1) is 12.0. The molecule has 0 spiro atoms. The van der Waals surface area contributed by atoms with Crippen molar-refractivity contribution in [2.75, 3.05) is 0 Å². The quantitative estimate of drug-likeness (QED) is 0.163. The molecule has 1 aromatic rings. The third-order valence-electron chi connectivity index (χ3n) is 4.82. The number of benzene rings is 1. The Morgan fingerprint density at radius 1 is 1.19 bits per heavy atom. The van der Waals surface area contributed by atoms with Gasteiger partial charge in [-0.15, -0.1) is 0 Å². The van der Waals surface area contributed by atoms with Gasteiger partial charge in [0.2, 0.25) is 5.82 Å². The van der Waals surface area contributed by atoms with Crippen LogP contribution in [0.3, 0.4) is 0 Å². The monoisotopic (exact) mass is 446 g/mol. The summed E-state index contributed by atoms with van der Waals surface area (Å²) in [5, 5.41) is 0. The largest absolute Gasteiger partial charge is 0.329 e. The van der Waals surface area contributed by atoms with Crippen molar-refractivity contribution in [3.63, 3.8) is 0 Å². The fourth-order valence-electron chi connectivity index (χ4n) is 3.20. The van der Waals surface area contributed by atoms with Crippen LogP contribution in [-0.2, 0) is 16.3 Å². The van der Waals surface area contributed by atoms with E-state index in [0.29, 0.717) is 17.8 Å². The molecule has 2 aliphatic rings. The minimum Gasteiger partial charge on any atom is -0.329 e. The van der Waals surface area contributed by atoms with E-state index in [1.807, 2.05) is 13.8 Å². The summed E-state index contributed by atoms with van der Waals surface area (Å²) in [5.41, 5.74) is 1.04. The van der Waals surface area contributed by atoms with Crippen LogP contribution in [0.5, 0.6) is 0 Å². The Morgan fingerprint density at radius 3 is 2.27 bits per heavy atom. The Hall–Kier alpha value is -0.0800. The zero-order valence-electron chi connectivity index (χ0n) is 14.0. The SMILES string of the molecule is C=C(C)C1CC[C@@]2(C)S[P@@](=S)(Sc3c(F)c(F)c(F)c(F)c3F)O[C@@H]2C1. The van der Waals surface area contributed by atoms with Gasteiger partial charge in [0.25, 0.3) is 0 Å². The summed E-state index contributed by atoms with van der Waals surface area (Å²) in [4.78, 5) is -0.962. The Bertz CT molecular complexity index is 804. The summed E-state index contributed by atoms with van der Waals surface area (Å²) in [5.74, 6) is -9.56. The lowest BCUT2D eigenvalue weighted by atomic mass is 9.77. The summed E-state index contributed by atoms with van der Waals surface area (Å²) >= 11 is 7.27. The molecule has 1 heterocycles. The molecule has 1 saturated carbocycles. The van der Waals surface area contributed by atoms with Crippen molar-refractivity contribution in [3.05, 3.63) is 41.2 Å². The van der Waals surface area contributed by atoms with Crippen molar-refractivity contribution in [2.45, 2.75) is 48.9 Å². The van der Waals surface area contributed by atoms with Crippen LogP contribution >= 0.6 is 27.4 Å². The Labute approximate surface area is 161 Å². The van der Waals surface area contributed by atoms with Gasteiger partial charge in [-0.05, 0) is 62.2 Å². The van der Waals surface area contributed by atoms with Crippen LogP contribution in [0.4, 0.5) is 22.0 Å². The summed E-state index contributed by atoms with van der Waals surface area (Å²) in [6.07, 6.45) is 2.15. The van der Waals surface area contributed by atoms with Gasteiger partial charge in [0, 0.05) is 4.75 Å². The predicted molar refractivity (Wildman–Crippen MR) is 99.4 cm³/mol. The topological polar surface area (TPSA) is 9.23 Å². The highest BCUT2D eigenvalue weighted by atomic mass is 33.2. The minimum atomic E-state index is -2.93. The molecule has 26 heavy (non-hydrogen) atoms. The first kappa shape index (κ1) is 20.6. The van der Waals surface area contributed by atoms with Gasteiger partial charge in [-0.25, -0.2) is 22.0 Å². The zero-order valence-corrected chi connectivity index (χ0v) is 17.3. The molecule has 0 N–H and O–H groups in total. The van der Waals surface area contributed by atoms with E-state index in [1.165, 1.54) is 11.4 Å². The summed E-state index contributed by atoms with van der Waals surface area (Å²) < 4.78 is 70.9. The second-order valence-corrected chi connectivity index (χ2v) is 17.4. The fourth-order valence-corrected chi connectivity index (χ4v) is 14.9. The Kier molecular flexibility index (Phi) is 5.61. The molecule has 1 unspecified atom stereocenters. The molecule has 1 nitrogen and oxygen atoms in total. The molecule has 2 fully saturated rings. The second-order valence-electron chi connectivity index (χ2n) is 6.75. The van der Waals surface area contributed by atoms with Crippen LogP contribution < -0.4 is 0 Å². The summed E-state index contributed by atoms with van der Waals surface area (Å²) in [6.45, 7) is 7.88. The normalized spacial score (nSPS) is 34.0. The molecule has 10 heteroatoms. The van der Waals surface area contributed by atoms with Crippen LogP contribution in [0.2, 0.25) is 0 Å². The van der Waals surface area contributed by atoms with Gasteiger partial charge in [-0.2, -0.15) is 0 Å². The minimum absolute atomic E-state index is 0.234. The first-order valence-electron chi connectivity index (χ1n) is 7.83. The molecular weight excluding hydrogens is 430 g/mol. The number of fused-ring (bicyclic) bond motifs is 1. The van der Waals surface area contributed by atoms with Crippen LogP contribution in [0, 0.1) is 35.0 Å². The molecule has 0 aromatic heterocycles. The maximum absolute atomic E-state index is 14.0. The molecule has 1 saturated heterocycles. The lowest BCUT2D eigenvalue weighted by Crippen LogP contribution is -2.39. The van der Waals surface area contributed by atoms with Crippen molar-refractivity contribution in [3.8, 4) is 0 Å². The highest BCUT2D eigenvalue weighted by Crippen LogP contribution is 2.82. The maximum atomic E-state index is 14.0. The van der Waals surface area contributed by atoms with Crippen LogP contribution in [0.15, 0.2) is 17.0 Å². The van der Waals surface area contributed by atoms with E-state index in [9.17, 15) is 22.0 Å². The molecule has 144 valence electrons. The molecule has 0 amide bonds. The van der Waals surface area contributed by atoms with Gasteiger partial charge in [0.15, 0.2) is 27.9 Å². The van der Waals surface area contributed by atoms with E-state index >= 15 is 0 Å². The smallest absolute Gasteiger partial charge is 0.200 e. The van der Waals surface area contributed by atoms with Gasteiger partial charge in [-0.1, -0.05) is 23.5 Å². The Morgan fingerprint density at radius 2 is 1.73 bits per heavy atom. The standard InChI is InChI=1S/C16H16F5OPS3/c1-7(2)8-4-5-16(3)9(6-8)22-23(24,26-16)25-15-13(20)11(18)10(17)12(19)14(15)21/h8-9H,1,4-6H2,2-3H3/t8?,9-,16-,23+/m1/s1. The molecule has 0 bridgehead atoms. The highest BCUT2D eigenvalue weighted by molar-refractivity contribution is 8.99. The third kappa shape index (κ3) is 3.50. The van der Waals surface area contributed by atoms with Gasteiger partial charge in [0.05, 0.1) is 11.0 Å². The van der Waals surface area contributed by atoms with E-state index in [1.54, 1.807) is 0 Å². The molecule has 4 atom stereocenters. The van der Waals surface area contributed by atoms with Gasteiger partial charge in [-0.3, -0.25) is 0 Å². The zero-order chi connectivity index (χ0) is 19.4. The maximum Gasteiger partial charge on any atom is 0.200 e. The van der Waals surface area contributed by atoms with Crippen LogP contribution in [0.1, 0.15) is 33.1 Å². The van der Waals surface area contributed by atoms with Gasteiger partial charge in [0.1, 0.15) is 0 Å². The van der Waals surface area contributed by atoms with E-state index in [0.717, 1.165) is 18.4 Å². The third-order valence-corrected chi connectivity index (χ3v) is 13.8. The molecule has 0 radical (unpaired) electrons. The average Bonchev–Trinajstić information content (AvgIpc) is 2.84. The Balaban J connectivity index is 1.91. The molecule has 1 aromatic carbocycles. The van der Waals surface area contributed by atoms with Crippen molar-refractivity contribution < 1.29 is 26.5 Å². The van der Waals surface area contributed by atoms with Crippen molar-refractivity contribution in [1.29, 1.82) is 0 Å².